The van der Waals surface area contributed by atoms with Crippen LogP contribution in [-0.4, -0.2) is 67.4 Å². The number of nitrogens with zero attached hydrogens (tertiary/aromatic N) is 2. The minimum Gasteiger partial charge on any atom is -0.386 e. The Morgan fingerprint density at radius 1 is 1.50 bits per heavy atom. The summed E-state index contributed by atoms with van der Waals surface area (Å²) in [6.45, 7) is 6.81. The van der Waals surface area contributed by atoms with Gasteiger partial charge >= 0.3 is 0 Å². The highest BCUT2D eigenvalue weighted by Crippen LogP contribution is 2.27. The van der Waals surface area contributed by atoms with Crippen LogP contribution in [-0.2, 0) is 4.74 Å². The summed E-state index contributed by atoms with van der Waals surface area (Å²) in [5, 5.41) is 16.8. The molecule has 2 fully saturated rings. The molecule has 9 heteroatoms. The minimum absolute atomic E-state index is 0. The third-order valence-corrected chi connectivity index (χ3v) is 5.98. The maximum absolute atomic E-state index is 10.2. The lowest BCUT2D eigenvalue weighted by Crippen LogP contribution is -2.51. The van der Waals surface area contributed by atoms with E-state index in [1.807, 2.05) is 13.0 Å². The molecule has 2 aliphatic rings. The van der Waals surface area contributed by atoms with Crippen molar-refractivity contribution in [2.24, 2.45) is 4.99 Å². The van der Waals surface area contributed by atoms with Gasteiger partial charge in [0.1, 0.15) is 6.10 Å². The highest BCUT2D eigenvalue weighted by Gasteiger charge is 2.32. The number of fused-ring (bicyclic) bond motifs is 1. The molecule has 0 bridgehead atoms. The van der Waals surface area contributed by atoms with Gasteiger partial charge in [-0.3, -0.25) is 9.89 Å². The number of thiophene rings is 1. The summed E-state index contributed by atoms with van der Waals surface area (Å²) in [6, 6.07) is 4.26. The molecule has 2 saturated heterocycles. The molecule has 0 amide bonds. The molecule has 1 aromatic rings. The highest BCUT2D eigenvalue weighted by atomic mass is 127. The van der Waals surface area contributed by atoms with Gasteiger partial charge in [0, 0.05) is 30.6 Å². The number of hydrogen-bond acceptors (Lipinski definition) is 5. The monoisotopic (exact) mass is 514 g/mol. The molecule has 3 heterocycles. The molecule has 3 N–H and O–H groups in total. The van der Waals surface area contributed by atoms with Crippen molar-refractivity contribution >= 4 is 52.9 Å². The topological polar surface area (TPSA) is 69.1 Å². The molecule has 0 saturated carbocycles. The Bertz CT molecular complexity index is 589. The van der Waals surface area contributed by atoms with Gasteiger partial charge in [-0.05, 0) is 38.4 Å². The molecule has 2 aliphatic heterocycles. The SMILES string of the molecule is CCNC(=NCC(O)c1ccc(Cl)s1)NCC1CN2CCCC2CO1.I. The van der Waals surface area contributed by atoms with E-state index in [-0.39, 0.29) is 30.1 Å². The Kier molecular flexibility index (Phi) is 9.39. The molecule has 3 atom stereocenters. The van der Waals surface area contributed by atoms with Crippen LogP contribution in [0.5, 0.6) is 0 Å². The summed E-state index contributed by atoms with van der Waals surface area (Å²) in [4.78, 5) is 7.85. The largest absolute Gasteiger partial charge is 0.386 e. The van der Waals surface area contributed by atoms with Gasteiger partial charge in [0.05, 0.1) is 23.6 Å². The van der Waals surface area contributed by atoms with Crippen LogP contribution in [0, 0.1) is 0 Å². The standard InChI is InChI=1S/C17H27ClN4O2S.HI/c1-2-19-17(21-9-14(23)15-5-6-16(18)25-15)20-8-13-10-22-7-3-4-12(22)11-24-13;/h5-6,12-14,23H,2-4,7-11H2,1H3,(H2,19,20,21);1H. The Hall–Kier alpha value is -0.130. The fourth-order valence-corrected chi connectivity index (χ4v) is 4.37. The number of aliphatic hydroxyl groups is 1. The normalized spacial score (nSPS) is 24.7. The molecule has 0 aliphatic carbocycles. The zero-order valence-corrected chi connectivity index (χ0v) is 18.9. The zero-order valence-electron chi connectivity index (χ0n) is 15.0. The average molecular weight is 515 g/mol. The number of hydrogen-bond donors (Lipinski definition) is 3. The summed E-state index contributed by atoms with van der Waals surface area (Å²) in [5.74, 6) is 0.705. The second-order valence-electron chi connectivity index (χ2n) is 6.50. The summed E-state index contributed by atoms with van der Waals surface area (Å²) < 4.78 is 6.65. The smallest absolute Gasteiger partial charge is 0.191 e. The second-order valence-corrected chi connectivity index (χ2v) is 8.25. The van der Waals surface area contributed by atoms with Gasteiger partial charge in [-0.15, -0.1) is 35.3 Å². The van der Waals surface area contributed by atoms with Crippen molar-refractivity contribution in [3.05, 3.63) is 21.3 Å². The maximum atomic E-state index is 10.2. The predicted octanol–water partition coefficient (Wildman–Crippen LogP) is 2.47. The van der Waals surface area contributed by atoms with Gasteiger partial charge in [0.2, 0.25) is 0 Å². The van der Waals surface area contributed by atoms with Gasteiger partial charge in [-0.25, -0.2) is 0 Å². The first-order valence-corrected chi connectivity index (χ1v) is 10.2. The molecule has 3 unspecified atom stereocenters. The number of nitrogens with one attached hydrogen (secondary N) is 2. The molecule has 148 valence electrons. The van der Waals surface area contributed by atoms with Crippen molar-refractivity contribution in [3.63, 3.8) is 0 Å². The number of halogens is 2. The third kappa shape index (κ3) is 6.20. The van der Waals surface area contributed by atoms with Crippen molar-refractivity contribution in [3.8, 4) is 0 Å². The predicted molar refractivity (Wildman–Crippen MR) is 118 cm³/mol. The van der Waals surface area contributed by atoms with Gasteiger partial charge < -0.3 is 20.5 Å². The van der Waals surface area contributed by atoms with E-state index in [0.29, 0.717) is 22.9 Å². The van der Waals surface area contributed by atoms with Gasteiger partial charge in [-0.1, -0.05) is 11.6 Å². The van der Waals surface area contributed by atoms with E-state index < -0.39 is 6.10 Å². The summed E-state index contributed by atoms with van der Waals surface area (Å²) >= 11 is 7.31. The molecular formula is C17H28ClIN4O2S. The Balaban J connectivity index is 0.00000243. The van der Waals surface area contributed by atoms with E-state index in [2.05, 4.69) is 20.5 Å². The molecule has 0 aromatic carbocycles. The Labute approximate surface area is 181 Å². The van der Waals surface area contributed by atoms with Gasteiger partial charge in [0.25, 0.3) is 0 Å². The van der Waals surface area contributed by atoms with E-state index in [1.165, 1.54) is 30.7 Å². The number of aliphatic hydroxyl groups excluding tert-OH is 1. The highest BCUT2D eigenvalue weighted by molar-refractivity contribution is 14.0. The lowest BCUT2D eigenvalue weighted by atomic mass is 10.2. The average Bonchev–Trinajstić information content (AvgIpc) is 3.25. The van der Waals surface area contributed by atoms with E-state index in [1.54, 1.807) is 6.07 Å². The van der Waals surface area contributed by atoms with Crippen LogP contribution in [0.25, 0.3) is 0 Å². The molecular weight excluding hydrogens is 487 g/mol. The fraction of sp³-hybridized carbons (Fsp3) is 0.706. The van der Waals surface area contributed by atoms with Crippen LogP contribution in [0.15, 0.2) is 17.1 Å². The lowest BCUT2D eigenvalue weighted by molar-refractivity contribution is -0.0453. The van der Waals surface area contributed by atoms with Crippen LogP contribution < -0.4 is 10.6 Å². The molecule has 3 rings (SSSR count). The summed E-state index contributed by atoms with van der Waals surface area (Å²) in [6.07, 6.45) is 2.08. The first-order chi connectivity index (χ1) is 12.2. The quantitative estimate of drug-likeness (QED) is 0.309. The first-order valence-electron chi connectivity index (χ1n) is 8.97. The Morgan fingerprint density at radius 3 is 3.08 bits per heavy atom. The minimum atomic E-state index is -0.635. The van der Waals surface area contributed by atoms with E-state index in [9.17, 15) is 5.11 Å². The number of rotatable bonds is 6. The van der Waals surface area contributed by atoms with Crippen molar-refractivity contribution in [1.82, 2.24) is 15.5 Å². The molecule has 0 spiro atoms. The van der Waals surface area contributed by atoms with E-state index in [0.717, 1.165) is 31.1 Å². The van der Waals surface area contributed by atoms with Crippen LogP contribution >= 0.6 is 46.9 Å². The summed E-state index contributed by atoms with van der Waals surface area (Å²) in [5.41, 5.74) is 0. The van der Waals surface area contributed by atoms with Crippen LogP contribution in [0.2, 0.25) is 4.34 Å². The third-order valence-electron chi connectivity index (χ3n) is 4.65. The van der Waals surface area contributed by atoms with Crippen molar-refractivity contribution in [2.75, 3.05) is 39.3 Å². The lowest BCUT2D eigenvalue weighted by Gasteiger charge is -2.35. The molecule has 0 radical (unpaired) electrons. The number of morpholine rings is 1. The summed E-state index contributed by atoms with van der Waals surface area (Å²) in [7, 11) is 0. The van der Waals surface area contributed by atoms with E-state index >= 15 is 0 Å². The molecule has 6 nitrogen and oxygen atoms in total. The number of ether oxygens (including phenoxy) is 1. The molecule has 1 aromatic heterocycles. The van der Waals surface area contributed by atoms with Crippen molar-refractivity contribution in [1.29, 1.82) is 0 Å². The van der Waals surface area contributed by atoms with Crippen LogP contribution in [0.1, 0.15) is 30.7 Å². The van der Waals surface area contributed by atoms with Gasteiger partial charge in [0.15, 0.2) is 5.96 Å². The van der Waals surface area contributed by atoms with Gasteiger partial charge in [-0.2, -0.15) is 0 Å². The Morgan fingerprint density at radius 2 is 2.35 bits per heavy atom. The van der Waals surface area contributed by atoms with E-state index in [4.69, 9.17) is 16.3 Å². The molecule has 26 heavy (non-hydrogen) atoms. The van der Waals surface area contributed by atoms with Crippen LogP contribution in [0.3, 0.4) is 0 Å². The zero-order chi connectivity index (χ0) is 17.6. The first kappa shape index (κ1) is 22.2. The fourth-order valence-electron chi connectivity index (χ4n) is 3.34. The number of guanidine groups is 1. The number of aliphatic imine (C=N–C) groups is 1. The van der Waals surface area contributed by atoms with Crippen molar-refractivity contribution < 1.29 is 9.84 Å². The maximum Gasteiger partial charge on any atom is 0.191 e. The van der Waals surface area contributed by atoms with Crippen LogP contribution in [0.4, 0.5) is 0 Å². The second kappa shape index (κ2) is 11.0. The van der Waals surface area contributed by atoms with Crippen molar-refractivity contribution in [2.45, 2.75) is 38.0 Å².